The summed E-state index contributed by atoms with van der Waals surface area (Å²) in [6, 6.07) is 3.05. The minimum Gasteiger partial charge on any atom is -0.503 e. The lowest BCUT2D eigenvalue weighted by atomic mass is 9.84. The zero-order valence-corrected chi connectivity index (χ0v) is 20.0. The van der Waals surface area contributed by atoms with Gasteiger partial charge in [0.15, 0.2) is 11.4 Å². The number of carbonyl (C=O) groups excluding carboxylic acids is 2. The van der Waals surface area contributed by atoms with Crippen LogP contribution in [0.1, 0.15) is 64.9 Å². The highest BCUT2D eigenvalue weighted by Crippen LogP contribution is 2.40. The van der Waals surface area contributed by atoms with Gasteiger partial charge in [-0.15, -0.1) is 11.8 Å². The second-order valence-corrected chi connectivity index (χ2v) is 10.7. The molecule has 2 atom stereocenters. The molecule has 1 aromatic carbocycles. The molecule has 1 aliphatic carbocycles. The Morgan fingerprint density at radius 2 is 1.94 bits per heavy atom. The SMILES string of the molecule is O=C(NCc1ccc(F)cc1F)c1cn2c(c(O)c1=O)C(=O)N1C(C2)SC[C@@H]1CC1CCCCC1. The Bertz CT molecular complexity index is 1230. The van der Waals surface area contributed by atoms with Crippen LogP contribution in [-0.2, 0) is 13.1 Å². The van der Waals surface area contributed by atoms with Crippen molar-refractivity contribution in [3.63, 3.8) is 0 Å². The summed E-state index contributed by atoms with van der Waals surface area (Å²) in [4.78, 5) is 40.7. The Morgan fingerprint density at radius 1 is 1.17 bits per heavy atom. The Morgan fingerprint density at radius 3 is 2.69 bits per heavy atom. The van der Waals surface area contributed by atoms with Crippen molar-refractivity contribution in [3.8, 4) is 5.75 Å². The number of hydrogen-bond acceptors (Lipinski definition) is 5. The number of hydrogen-bond donors (Lipinski definition) is 2. The van der Waals surface area contributed by atoms with Gasteiger partial charge in [-0.1, -0.05) is 38.2 Å². The highest BCUT2D eigenvalue weighted by molar-refractivity contribution is 8.00. The molecule has 2 aromatic rings. The number of aromatic hydroxyl groups is 1. The summed E-state index contributed by atoms with van der Waals surface area (Å²) in [5, 5.41) is 13.0. The predicted octanol–water partition coefficient (Wildman–Crippen LogP) is 3.63. The normalized spacial score (nSPS) is 22.1. The summed E-state index contributed by atoms with van der Waals surface area (Å²) < 4.78 is 28.5. The standard InChI is InChI=1S/C25H27F2N3O4S/c26-16-7-6-15(19(27)9-16)10-28-24(33)18-11-29-12-20-30(25(34)21(29)23(32)22(18)31)17(13-35-20)8-14-4-2-1-3-5-14/h6-7,9,11,14,17,20,32H,1-5,8,10,12-13H2,(H,28,33)/t17-,20?/m0/s1. The van der Waals surface area contributed by atoms with E-state index in [1.54, 1.807) is 11.8 Å². The molecule has 2 amide bonds. The molecular formula is C25H27F2N3O4S. The lowest BCUT2D eigenvalue weighted by Gasteiger charge is -2.37. The van der Waals surface area contributed by atoms with Gasteiger partial charge in [-0.3, -0.25) is 14.4 Å². The number of nitrogens with one attached hydrogen (secondary N) is 1. The first-order valence-electron chi connectivity index (χ1n) is 12.0. The van der Waals surface area contributed by atoms with Gasteiger partial charge in [0.25, 0.3) is 11.8 Å². The van der Waals surface area contributed by atoms with Crippen LogP contribution in [-0.4, -0.2) is 43.6 Å². The van der Waals surface area contributed by atoms with Crippen LogP contribution in [0.5, 0.6) is 5.75 Å². The summed E-state index contributed by atoms with van der Waals surface area (Å²) in [7, 11) is 0. The first-order valence-corrected chi connectivity index (χ1v) is 13.0. The van der Waals surface area contributed by atoms with E-state index in [4.69, 9.17) is 0 Å². The van der Waals surface area contributed by atoms with Gasteiger partial charge >= 0.3 is 0 Å². The molecule has 0 bridgehead atoms. The molecule has 35 heavy (non-hydrogen) atoms. The molecule has 1 saturated heterocycles. The Hall–Kier alpha value is -2.88. The molecule has 7 nitrogen and oxygen atoms in total. The van der Waals surface area contributed by atoms with Crippen molar-refractivity contribution in [1.29, 1.82) is 0 Å². The van der Waals surface area contributed by atoms with Crippen molar-refractivity contribution < 1.29 is 23.5 Å². The van der Waals surface area contributed by atoms with Crippen LogP contribution >= 0.6 is 11.8 Å². The number of aromatic nitrogens is 1. The van der Waals surface area contributed by atoms with Crippen LogP contribution in [0.25, 0.3) is 0 Å². The number of fused-ring (bicyclic) bond motifs is 2. The first-order chi connectivity index (χ1) is 16.8. The van der Waals surface area contributed by atoms with Crippen LogP contribution < -0.4 is 10.7 Å². The van der Waals surface area contributed by atoms with Gasteiger partial charge in [-0.2, -0.15) is 0 Å². The van der Waals surface area contributed by atoms with E-state index in [1.807, 2.05) is 4.90 Å². The third-order valence-electron chi connectivity index (χ3n) is 7.26. The van der Waals surface area contributed by atoms with Gasteiger partial charge in [-0.05, 0) is 18.4 Å². The number of carbonyl (C=O) groups is 2. The number of pyridine rings is 1. The molecule has 2 aliphatic heterocycles. The average Bonchev–Trinajstić information content (AvgIpc) is 3.23. The number of thioether (sulfide) groups is 1. The highest BCUT2D eigenvalue weighted by atomic mass is 32.2. The van der Waals surface area contributed by atoms with Crippen molar-refractivity contribution in [2.75, 3.05) is 5.75 Å². The van der Waals surface area contributed by atoms with Crippen LogP contribution in [0.15, 0.2) is 29.2 Å². The number of amides is 2. The maximum Gasteiger partial charge on any atom is 0.275 e. The molecule has 1 saturated carbocycles. The number of nitrogens with zero attached hydrogens (tertiary/aromatic N) is 2. The molecule has 1 unspecified atom stereocenters. The van der Waals surface area contributed by atoms with E-state index < -0.39 is 28.7 Å². The van der Waals surface area contributed by atoms with Gasteiger partial charge in [0, 0.05) is 36.2 Å². The van der Waals surface area contributed by atoms with Crippen molar-refractivity contribution in [1.82, 2.24) is 14.8 Å². The van der Waals surface area contributed by atoms with Crippen molar-refractivity contribution in [2.24, 2.45) is 5.92 Å². The smallest absolute Gasteiger partial charge is 0.275 e. The topological polar surface area (TPSA) is 91.6 Å². The first kappa shape index (κ1) is 23.8. The van der Waals surface area contributed by atoms with E-state index in [0.29, 0.717) is 18.5 Å². The second kappa shape index (κ2) is 9.64. The fourth-order valence-electron chi connectivity index (χ4n) is 5.45. The summed E-state index contributed by atoms with van der Waals surface area (Å²) in [5.74, 6) is -2.10. The zero-order valence-electron chi connectivity index (χ0n) is 19.1. The summed E-state index contributed by atoms with van der Waals surface area (Å²) in [6.07, 6.45) is 8.28. The van der Waals surface area contributed by atoms with E-state index in [-0.39, 0.29) is 40.7 Å². The highest BCUT2D eigenvalue weighted by Gasteiger charge is 2.44. The lowest BCUT2D eigenvalue weighted by molar-refractivity contribution is 0.0587. The molecule has 3 aliphatic rings. The van der Waals surface area contributed by atoms with Gasteiger partial charge in [0.1, 0.15) is 17.2 Å². The van der Waals surface area contributed by atoms with E-state index in [1.165, 1.54) is 48.9 Å². The molecule has 1 aromatic heterocycles. The zero-order chi connectivity index (χ0) is 24.7. The summed E-state index contributed by atoms with van der Waals surface area (Å²) in [6.45, 7) is 0.0918. The van der Waals surface area contributed by atoms with E-state index in [0.717, 1.165) is 18.2 Å². The van der Waals surface area contributed by atoms with E-state index in [2.05, 4.69) is 5.32 Å². The molecule has 0 radical (unpaired) electrons. The molecule has 2 fully saturated rings. The monoisotopic (exact) mass is 503 g/mol. The number of benzene rings is 1. The third kappa shape index (κ3) is 4.55. The number of rotatable bonds is 5. The van der Waals surface area contributed by atoms with Gasteiger partial charge < -0.3 is 19.9 Å². The predicted molar refractivity (Wildman–Crippen MR) is 127 cm³/mol. The average molecular weight is 504 g/mol. The minimum absolute atomic E-state index is 0.0548. The van der Waals surface area contributed by atoms with Gasteiger partial charge in [0.05, 0.1) is 11.9 Å². The summed E-state index contributed by atoms with van der Waals surface area (Å²) >= 11 is 1.68. The Balaban J connectivity index is 1.36. The fourth-order valence-corrected chi connectivity index (χ4v) is 6.89. The molecular weight excluding hydrogens is 476 g/mol. The Kier molecular flexibility index (Phi) is 6.57. The molecule has 10 heteroatoms. The maximum atomic E-state index is 13.9. The molecule has 0 spiro atoms. The second-order valence-electron chi connectivity index (χ2n) is 9.53. The fraction of sp³-hybridized carbons (Fsp3) is 0.480. The van der Waals surface area contributed by atoms with E-state index >= 15 is 0 Å². The van der Waals surface area contributed by atoms with Crippen molar-refractivity contribution in [2.45, 2.75) is 63.0 Å². The Labute approximate surface area is 205 Å². The quantitative estimate of drug-likeness (QED) is 0.650. The summed E-state index contributed by atoms with van der Waals surface area (Å²) in [5.41, 5.74) is -1.32. The van der Waals surface area contributed by atoms with Gasteiger partial charge in [0.2, 0.25) is 5.43 Å². The van der Waals surface area contributed by atoms with Crippen LogP contribution in [0.2, 0.25) is 0 Å². The minimum atomic E-state index is -0.948. The molecule has 2 N–H and O–H groups in total. The van der Waals surface area contributed by atoms with Crippen molar-refractivity contribution in [3.05, 3.63) is 63.1 Å². The van der Waals surface area contributed by atoms with Crippen LogP contribution in [0.4, 0.5) is 8.78 Å². The van der Waals surface area contributed by atoms with Crippen LogP contribution in [0, 0.1) is 17.6 Å². The lowest BCUT2D eigenvalue weighted by Crippen LogP contribution is -2.49. The van der Waals surface area contributed by atoms with Crippen molar-refractivity contribution >= 4 is 23.6 Å². The van der Waals surface area contributed by atoms with E-state index in [9.17, 15) is 28.3 Å². The largest absolute Gasteiger partial charge is 0.503 e. The number of halogens is 2. The molecule has 3 heterocycles. The van der Waals surface area contributed by atoms with Gasteiger partial charge in [-0.25, -0.2) is 8.78 Å². The maximum absolute atomic E-state index is 13.9. The molecule has 5 rings (SSSR count). The third-order valence-corrected chi connectivity index (χ3v) is 8.60. The van der Waals surface area contributed by atoms with Crippen LogP contribution in [0.3, 0.4) is 0 Å². The molecule has 186 valence electrons.